The highest BCUT2D eigenvalue weighted by Gasteiger charge is 2.24. The molecule has 0 spiro atoms. The summed E-state index contributed by atoms with van der Waals surface area (Å²) in [7, 11) is 1.77. The first-order valence-corrected chi connectivity index (χ1v) is 9.44. The van der Waals surface area contributed by atoms with Crippen molar-refractivity contribution in [2.45, 2.75) is 25.4 Å². The molecule has 2 heterocycles. The van der Waals surface area contributed by atoms with Crippen molar-refractivity contribution < 1.29 is 5.11 Å². The van der Waals surface area contributed by atoms with Crippen molar-refractivity contribution in [3.63, 3.8) is 0 Å². The molecule has 1 atom stereocenters. The third-order valence-corrected chi connectivity index (χ3v) is 5.95. The number of hydrogen-bond acceptors (Lipinski definition) is 4. The zero-order chi connectivity index (χ0) is 15.1. The van der Waals surface area contributed by atoms with Crippen molar-refractivity contribution in [2.75, 3.05) is 31.6 Å². The first-order chi connectivity index (χ1) is 10.1. The minimum Gasteiger partial charge on any atom is -0.383 e. The Balaban J connectivity index is 1.77. The van der Waals surface area contributed by atoms with Gasteiger partial charge in [-0.2, -0.15) is 11.8 Å². The van der Waals surface area contributed by atoms with E-state index in [9.17, 15) is 5.11 Å². The minimum atomic E-state index is -0.868. The molecule has 0 radical (unpaired) electrons. The fourth-order valence-electron chi connectivity index (χ4n) is 2.34. The Bertz CT molecular complexity index is 440. The molecule has 0 aromatic carbocycles. The van der Waals surface area contributed by atoms with Crippen LogP contribution in [0.2, 0.25) is 0 Å². The van der Waals surface area contributed by atoms with Crippen LogP contribution >= 0.6 is 23.1 Å². The summed E-state index contributed by atoms with van der Waals surface area (Å²) in [4.78, 5) is 5.21. The summed E-state index contributed by atoms with van der Waals surface area (Å²) in [5.41, 5.74) is -0.868. The van der Waals surface area contributed by atoms with Crippen LogP contribution in [-0.2, 0) is 5.60 Å². The Morgan fingerprint density at radius 2 is 2.19 bits per heavy atom. The smallest absolute Gasteiger partial charge is 0.191 e. The predicted molar refractivity (Wildman–Crippen MR) is 93.3 cm³/mol. The van der Waals surface area contributed by atoms with Gasteiger partial charge in [0.05, 0.1) is 6.54 Å². The predicted octanol–water partition coefficient (Wildman–Crippen LogP) is 2.26. The molecular formula is C15H25N3OS2. The Morgan fingerprint density at radius 3 is 2.81 bits per heavy atom. The standard InChI is InChI=1S/C15H25N3OS2/c1-15(19,13-4-3-7-21-13)11-18-14(16-2)17-10-12-5-8-20-9-6-12/h3-4,7,12,19H,5-6,8-11H2,1-2H3,(H2,16,17,18). The van der Waals surface area contributed by atoms with Gasteiger partial charge in [0.25, 0.3) is 0 Å². The van der Waals surface area contributed by atoms with E-state index in [4.69, 9.17) is 0 Å². The number of aliphatic hydroxyl groups is 1. The van der Waals surface area contributed by atoms with Crippen LogP contribution in [0.15, 0.2) is 22.5 Å². The molecule has 4 nitrogen and oxygen atoms in total. The molecule has 1 aromatic heterocycles. The van der Waals surface area contributed by atoms with Gasteiger partial charge < -0.3 is 15.7 Å². The molecule has 0 amide bonds. The van der Waals surface area contributed by atoms with Gasteiger partial charge in [-0.25, -0.2) is 0 Å². The number of rotatable bonds is 5. The summed E-state index contributed by atoms with van der Waals surface area (Å²) in [6.45, 7) is 3.24. The lowest BCUT2D eigenvalue weighted by Gasteiger charge is -2.25. The van der Waals surface area contributed by atoms with Crippen LogP contribution < -0.4 is 10.6 Å². The number of hydrogen-bond donors (Lipinski definition) is 3. The molecule has 6 heteroatoms. The molecule has 1 saturated heterocycles. The third-order valence-electron chi connectivity index (χ3n) is 3.77. The van der Waals surface area contributed by atoms with Gasteiger partial charge in [-0.15, -0.1) is 11.3 Å². The summed E-state index contributed by atoms with van der Waals surface area (Å²) in [6.07, 6.45) is 2.56. The number of aliphatic imine (C=N–C) groups is 1. The maximum atomic E-state index is 10.5. The molecule has 1 aliphatic rings. The van der Waals surface area contributed by atoms with Crippen molar-refractivity contribution in [1.82, 2.24) is 10.6 Å². The lowest BCUT2D eigenvalue weighted by Crippen LogP contribution is -2.45. The number of thioether (sulfide) groups is 1. The molecule has 0 aliphatic carbocycles. The normalized spacial score (nSPS) is 20.0. The first kappa shape index (κ1) is 16.6. The van der Waals surface area contributed by atoms with Gasteiger partial charge in [-0.3, -0.25) is 4.99 Å². The molecule has 1 unspecified atom stereocenters. The largest absolute Gasteiger partial charge is 0.383 e. The van der Waals surface area contributed by atoms with E-state index < -0.39 is 5.60 Å². The SMILES string of the molecule is CN=C(NCC1CCSCC1)NCC(C)(O)c1cccs1. The summed E-state index contributed by atoms with van der Waals surface area (Å²) in [6, 6.07) is 3.92. The van der Waals surface area contributed by atoms with Crippen molar-refractivity contribution >= 4 is 29.1 Å². The molecule has 0 bridgehead atoms. The van der Waals surface area contributed by atoms with E-state index in [0.29, 0.717) is 6.54 Å². The highest BCUT2D eigenvalue weighted by Crippen LogP contribution is 2.24. The maximum Gasteiger partial charge on any atom is 0.191 e. The zero-order valence-corrected chi connectivity index (χ0v) is 14.4. The van der Waals surface area contributed by atoms with Crippen LogP contribution in [0.1, 0.15) is 24.6 Å². The van der Waals surface area contributed by atoms with E-state index in [0.717, 1.165) is 23.3 Å². The number of nitrogens with zero attached hydrogens (tertiary/aromatic N) is 1. The van der Waals surface area contributed by atoms with Crippen molar-refractivity contribution in [1.29, 1.82) is 0 Å². The first-order valence-electron chi connectivity index (χ1n) is 7.40. The average Bonchev–Trinajstić information content (AvgIpc) is 3.03. The minimum absolute atomic E-state index is 0.452. The molecule has 21 heavy (non-hydrogen) atoms. The second-order valence-electron chi connectivity index (χ2n) is 5.61. The van der Waals surface area contributed by atoms with Gasteiger partial charge in [0, 0.05) is 18.5 Å². The van der Waals surface area contributed by atoms with Crippen molar-refractivity contribution in [2.24, 2.45) is 10.9 Å². The summed E-state index contributed by atoms with van der Waals surface area (Å²) in [5, 5.41) is 19.1. The highest BCUT2D eigenvalue weighted by atomic mass is 32.2. The van der Waals surface area contributed by atoms with Crippen LogP contribution in [-0.4, -0.2) is 42.7 Å². The molecule has 0 saturated carbocycles. The second kappa shape index (κ2) is 8.06. The van der Waals surface area contributed by atoms with Gasteiger partial charge in [0.15, 0.2) is 5.96 Å². The molecule has 1 aliphatic heterocycles. The van der Waals surface area contributed by atoms with E-state index >= 15 is 0 Å². The van der Waals surface area contributed by atoms with Crippen LogP contribution in [0.4, 0.5) is 0 Å². The lowest BCUT2D eigenvalue weighted by molar-refractivity contribution is 0.0655. The highest BCUT2D eigenvalue weighted by molar-refractivity contribution is 7.99. The number of guanidine groups is 1. The fourth-order valence-corrected chi connectivity index (χ4v) is 4.33. The van der Waals surface area contributed by atoms with Crippen molar-refractivity contribution in [3.05, 3.63) is 22.4 Å². The lowest BCUT2D eigenvalue weighted by atomic mass is 10.0. The second-order valence-corrected chi connectivity index (χ2v) is 7.79. The Hall–Kier alpha value is -0.720. The Kier molecular flexibility index (Phi) is 6.39. The molecule has 118 valence electrons. The average molecular weight is 328 g/mol. The quantitative estimate of drug-likeness (QED) is 0.573. The van der Waals surface area contributed by atoms with E-state index in [1.54, 1.807) is 18.4 Å². The van der Waals surface area contributed by atoms with E-state index in [-0.39, 0.29) is 0 Å². The topological polar surface area (TPSA) is 56.7 Å². The fraction of sp³-hybridized carbons (Fsp3) is 0.667. The number of thiophene rings is 1. The summed E-state index contributed by atoms with van der Waals surface area (Å²) < 4.78 is 0. The Morgan fingerprint density at radius 1 is 1.43 bits per heavy atom. The van der Waals surface area contributed by atoms with Crippen LogP contribution in [0.25, 0.3) is 0 Å². The van der Waals surface area contributed by atoms with Crippen LogP contribution in [0.3, 0.4) is 0 Å². The molecule has 1 fully saturated rings. The van der Waals surface area contributed by atoms with Gasteiger partial charge in [0.2, 0.25) is 0 Å². The van der Waals surface area contributed by atoms with Crippen LogP contribution in [0.5, 0.6) is 0 Å². The number of nitrogens with one attached hydrogen (secondary N) is 2. The summed E-state index contributed by atoms with van der Waals surface area (Å²) in [5.74, 6) is 4.05. The monoisotopic (exact) mass is 327 g/mol. The molecule has 3 N–H and O–H groups in total. The van der Waals surface area contributed by atoms with E-state index in [1.165, 1.54) is 24.3 Å². The van der Waals surface area contributed by atoms with Gasteiger partial charge >= 0.3 is 0 Å². The van der Waals surface area contributed by atoms with Gasteiger partial charge in [-0.05, 0) is 48.6 Å². The van der Waals surface area contributed by atoms with E-state index in [1.807, 2.05) is 36.2 Å². The third kappa shape index (κ3) is 5.20. The molecular weight excluding hydrogens is 302 g/mol. The Labute approximate surface area is 135 Å². The van der Waals surface area contributed by atoms with Crippen LogP contribution in [0, 0.1) is 5.92 Å². The van der Waals surface area contributed by atoms with Gasteiger partial charge in [0.1, 0.15) is 5.60 Å². The van der Waals surface area contributed by atoms with Crippen molar-refractivity contribution in [3.8, 4) is 0 Å². The summed E-state index contributed by atoms with van der Waals surface area (Å²) >= 11 is 3.62. The zero-order valence-electron chi connectivity index (χ0n) is 12.8. The molecule has 2 rings (SSSR count). The molecule has 1 aromatic rings. The van der Waals surface area contributed by atoms with Gasteiger partial charge in [-0.1, -0.05) is 6.07 Å². The maximum absolute atomic E-state index is 10.5. The van der Waals surface area contributed by atoms with E-state index in [2.05, 4.69) is 15.6 Å².